The number of amides is 1. The van der Waals surface area contributed by atoms with E-state index in [4.69, 9.17) is 5.26 Å². The van der Waals surface area contributed by atoms with Gasteiger partial charge >= 0.3 is 5.97 Å². The average Bonchev–Trinajstić information content (AvgIpc) is 2.33. The minimum atomic E-state index is -0.999. The van der Waals surface area contributed by atoms with E-state index in [9.17, 15) is 14.7 Å². The summed E-state index contributed by atoms with van der Waals surface area (Å²) in [7, 11) is 0. The summed E-state index contributed by atoms with van der Waals surface area (Å²) in [5.74, 6) is -1.26. The molecule has 0 aromatic rings. The predicted molar refractivity (Wildman–Crippen MR) is 67.7 cm³/mol. The van der Waals surface area contributed by atoms with Gasteiger partial charge in [0, 0.05) is 13.0 Å². The Bertz CT molecular complexity index is 352. The van der Waals surface area contributed by atoms with Gasteiger partial charge < -0.3 is 10.4 Å². The van der Waals surface area contributed by atoms with Crippen LogP contribution in [0.15, 0.2) is 0 Å². The SMILES string of the molecule is CCC(CC)(CC(=O)NCC(C)(C)C#N)C(=O)O. The number of nitriles is 1. The lowest BCUT2D eigenvalue weighted by Gasteiger charge is -2.26. The molecule has 5 heteroatoms. The van der Waals surface area contributed by atoms with Gasteiger partial charge in [-0.25, -0.2) is 0 Å². The smallest absolute Gasteiger partial charge is 0.310 e. The summed E-state index contributed by atoms with van der Waals surface area (Å²) in [6.07, 6.45) is 0.776. The number of carboxylic acids is 1. The van der Waals surface area contributed by atoms with Crippen LogP contribution < -0.4 is 5.32 Å². The average molecular weight is 254 g/mol. The Morgan fingerprint density at radius 2 is 1.78 bits per heavy atom. The quantitative estimate of drug-likeness (QED) is 0.726. The molecule has 0 aliphatic heterocycles. The summed E-state index contributed by atoms with van der Waals surface area (Å²) < 4.78 is 0. The molecule has 0 atom stereocenters. The lowest BCUT2D eigenvalue weighted by Crippen LogP contribution is -2.39. The highest BCUT2D eigenvalue weighted by atomic mass is 16.4. The molecule has 18 heavy (non-hydrogen) atoms. The second-order valence-electron chi connectivity index (χ2n) is 5.24. The van der Waals surface area contributed by atoms with Gasteiger partial charge in [0.05, 0.1) is 16.9 Å². The van der Waals surface area contributed by atoms with E-state index < -0.39 is 16.8 Å². The highest BCUT2D eigenvalue weighted by Crippen LogP contribution is 2.30. The molecule has 0 aliphatic carbocycles. The van der Waals surface area contributed by atoms with Crippen LogP contribution >= 0.6 is 0 Å². The van der Waals surface area contributed by atoms with E-state index in [0.717, 1.165) is 0 Å². The van der Waals surface area contributed by atoms with Gasteiger partial charge in [0.1, 0.15) is 0 Å². The van der Waals surface area contributed by atoms with Crippen LogP contribution in [0, 0.1) is 22.2 Å². The van der Waals surface area contributed by atoms with Crippen LogP contribution in [0.2, 0.25) is 0 Å². The number of carboxylic acid groups (broad SMARTS) is 1. The molecule has 0 rings (SSSR count). The van der Waals surface area contributed by atoms with Crippen LogP contribution in [0.3, 0.4) is 0 Å². The molecule has 0 radical (unpaired) electrons. The fourth-order valence-electron chi connectivity index (χ4n) is 1.61. The van der Waals surface area contributed by atoms with Crippen LogP contribution in [0.25, 0.3) is 0 Å². The number of carbonyl (C=O) groups excluding carboxylic acids is 1. The fraction of sp³-hybridized carbons (Fsp3) is 0.769. The molecule has 0 spiro atoms. The third kappa shape index (κ3) is 4.36. The lowest BCUT2D eigenvalue weighted by molar-refractivity contribution is -0.152. The van der Waals surface area contributed by atoms with Gasteiger partial charge in [-0.3, -0.25) is 9.59 Å². The first-order chi connectivity index (χ1) is 8.23. The number of hydrogen-bond acceptors (Lipinski definition) is 3. The first kappa shape index (κ1) is 16.4. The van der Waals surface area contributed by atoms with Crippen LogP contribution in [0.5, 0.6) is 0 Å². The Morgan fingerprint density at radius 3 is 2.11 bits per heavy atom. The van der Waals surface area contributed by atoms with Gasteiger partial charge in [0.15, 0.2) is 0 Å². The highest BCUT2D eigenvalue weighted by Gasteiger charge is 2.37. The van der Waals surface area contributed by atoms with Crippen molar-refractivity contribution in [3.63, 3.8) is 0 Å². The maximum absolute atomic E-state index is 11.8. The standard InChI is InChI=1S/C13H22N2O3/c1-5-13(6-2,11(17)18)7-10(16)15-9-12(3,4)8-14/h5-7,9H2,1-4H3,(H,15,16)(H,17,18). The predicted octanol–water partition coefficient (Wildman–Crippen LogP) is 1.93. The largest absolute Gasteiger partial charge is 0.481 e. The molecule has 102 valence electrons. The maximum atomic E-state index is 11.8. The molecule has 0 aromatic carbocycles. The van der Waals surface area contributed by atoms with Crippen molar-refractivity contribution in [1.82, 2.24) is 5.32 Å². The summed E-state index contributed by atoms with van der Waals surface area (Å²) in [5, 5.41) is 20.7. The zero-order valence-electron chi connectivity index (χ0n) is 11.5. The van der Waals surface area contributed by atoms with Gasteiger partial charge in [-0.15, -0.1) is 0 Å². The number of aliphatic carboxylic acids is 1. The highest BCUT2D eigenvalue weighted by molar-refractivity contribution is 5.84. The molecular weight excluding hydrogens is 232 g/mol. The Labute approximate surface area is 108 Å². The number of rotatable bonds is 7. The van der Waals surface area contributed by atoms with Crippen molar-refractivity contribution in [1.29, 1.82) is 5.26 Å². The first-order valence-electron chi connectivity index (χ1n) is 6.14. The summed E-state index contributed by atoms with van der Waals surface area (Å²) >= 11 is 0. The van der Waals surface area contributed by atoms with E-state index in [0.29, 0.717) is 12.8 Å². The molecule has 0 fully saturated rings. The minimum Gasteiger partial charge on any atom is -0.481 e. The fourth-order valence-corrected chi connectivity index (χ4v) is 1.61. The topological polar surface area (TPSA) is 90.2 Å². The Hall–Kier alpha value is -1.57. The summed E-state index contributed by atoms with van der Waals surface area (Å²) in [5.41, 5.74) is -1.64. The van der Waals surface area contributed by atoms with Crippen LogP contribution in [-0.2, 0) is 9.59 Å². The summed E-state index contributed by atoms with van der Waals surface area (Å²) in [6.45, 7) is 7.20. The normalized spacial score (nSPS) is 11.7. The van der Waals surface area contributed by atoms with E-state index in [1.54, 1.807) is 27.7 Å². The number of carbonyl (C=O) groups is 2. The van der Waals surface area contributed by atoms with Gasteiger partial charge in [-0.05, 0) is 26.7 Å². The second kappa shape index (κ2) is 6.39. The van der Waals surface area contributed by atoms with Gasteiger partial charge in [-0.2, -0.15) is 5.26 Å². The van der Waals surface area contributed by atoms with Crippen LogP contribution in [0.1, 0.15) is 47.0 Å². The Kier molecular flexibility index (Phi) is 5.83. The van der Waals surface area contributed by atoms with E-state index in [1.165, 1.54) is 0 Å². The molecule has 2 N–H and O–H groups in total. The molecule has 0 bridgehead atoms. The molecule has 5 nitrogen and oxygen atoms in total. The Balaban J connectivity index is 4.56. The second-order valence-corrected chi connectivity index (χ2v) is 5.24. The molecule has 0 unspecified atom stereocenters. The molecule has 0 aromatic heterocycles. The van der Waals surface area contributed by atoms with Gasteiger partial charge in [0.25, 0.3) is 0 Å². The summed E-state index contributed by atoms with van der Waals surface area (Å²) in [6, 6.07) is 2.08. The van der Waals surface area contributed by atoms with Crippen molar-refractivity contribution in [2.75, 3.05) is 6.54 Å². The van der Waals surface area contributed by atoms with Crippen molar-refractivity contribution in [2.24, 2.45) is 10.8 Å². The molecule has 0 aliphatic rings. The van der Waals surface area contributed by atoms with Crippen molar-refractivity contribution in [3.8, 4) is 6.07 Å². The maximum Gasteiger partial charge on any atom is 0.310 e. The molecular formula is C13H22N2O3. The van der Waals surface area contributed by atoms with Crippen molar-refractivity contribution in [3.05, 3.63) is 0 Å². The number of hydrogen-bond donors (Lipinski definition) is 2. The zero-order chi connectivity index (χ0) is 14.4. The minimum absolute atomic E-state index is 0.0448. The first-order valence-corrected chi connectivity index (χ1v) is 6.14. The summed E-state index contributed by atoms with van der Waals surface area (Å²) in [4.78, 5) is 23.0. The van der Waals surface area contributed by atoms with Gasteiger partial charge in [0.2, 0.25) is 5.91 Å². The van der Waals surface area contributed by atoms with Crippen molar-refractivity contribution < 1.29 is 14.7 Å². The molecule has 1 amide bonds. The van der Waals surface area contributed by atoms with E-state index in [-0.39, 0.29) is 18.9 Å². The zero-order valence-corrected chi connectivity index (χ0v) is 11.5. The Morgan fingerprint density at radius 1 is 1.28 bits per heavy atom. The van der Waals surface area contributed by atoms with E-state index >= 15 is 0 Å². The van der Waals surface area contributed by atoms with Crippen molar-refractivity contribution >= 4 is 11.9 Å². The van der Waals surface area contributed by atoms with Crippen LogP contribution in [-0.4, -0.2) is 23.5 Å². The third-order valence-corrected chi connectivity index (χ3v) is 3.34. The van der Waals surface area contributed by atoms with E-state index in [1.807, 2.05) is 0 Å². The van der Waals surface area contributed by atoms with E-state index in [2.05, 4.69) is 11.4 Å². The van der Waals surface area contributed by atoms with Crippen molar-refractivity contribution in [2.45, 2.75) is 47.0 Å². The lowest BCUT2D eigenvalue weighted by atomic mass is 9.79. The molecule has 0 saturated carbocycles. The molecule has 0 heterocycles. The monoisotopic (exact) mass is 254 g/mol. The number of nitrogens with zero attached hydrogens (tertiary/aromatic N) is 1. The number of nitrogens with one attached hydrogen (secondary N) is 1. The van der Waals surface area contributed by atoms with Gasteiger partial charge in [-0.1, -0.05) is 13.8 Å². The van der Waals surface area contributed by atoms with Crippen LogP contribution in [0.4, 0.5) is 0 Å². The molecule has 0 saturated heterocycles. The third-order valence-electron chi connectivity index (χ3n) is 3.34.